The average Bonchev–Trinajstić information content (AvgIpc) is 2.43. The molecule has 0 saturated carbocycles. The van der Waals surface area contributed by atoms with Gasteiger partial charge in [-0.25, -0.2) is 0 Å². The highest BCUT2D eigenvalue weighted by atomic mass is 32.2. The first-order valence-corrected chi connectivity index (χ1v) is 7.94. The zero-order chi connectivity index (χ0) is 15.2. The van der Waals surface area contributed by atoms with Crippen LogP contribution < -0.4 is 15.2 Å². The molecule has 1 rings (SSSR count). The molecule has 112 valence electrons. The van der Waals surface area contributed by atoms with Crippen LogP contribution in [0.4, 0.5) is 0 Å². The minimum atomic E-state index is -3.78. The predicted molar refractivity (Wildman–Crippen MR) is 77.8 cm³/mol. The summed E-state index contributed by atoms with van der Waals surface area (Å²) in [5.41, 5.74) is 6.06. The first kappa shape index (κ1) is 16.6. The van der Waals surface area contributed by atoms with Crippen LogP contribution in [0.25, 0.3) is 0 Å². The number of benzene rings is 1. The Hall–Kier alpha value is -1.44. The quantitative estimate of drug-likeness (QED) is 0.652. The minimum Gasteiger partial charge on any atom is -0.368 e. The normalized spacial score (nSPS) is 14.7. The molecule has 0 aromatic heterocycles. The standard InChI is InChI=1S/C13H21N3O3S/c1-3-10(2)12(13(14)17)16-20(18,19)15-9-11-7-5-4-6-8-11/h4-8,10,12,15-16H,3,9H2,1-2H3,(H2,14,17)/t10-,12-/m0/s1. The molecule has 6 nitrogen and oxygen atoms in total. The summed E-state index contributed by atoms with van der Waals surface area (Å²) >= 11 is 0. The number of carbonyl (C=O) groups is 1. The lowest BCUT2D eigenvalue weighted by atomic mass is 10.00. The lowest BCUT2D eigenvalue weighted by Gasteiger charge is -2.21. The fourth-order valence-electron chi connectivity index (χ4n) is 1.67. The Labute approximate surface area is 119 Å². The highest BCUT2D eigenvalue weighted by molar-refractivity contribution is 7.87. The van der Waals surface area contributed by atoms with Crippen LogP contribution in [-0.4, -0.2) is 20.4 Å². The number of primary amides is 1. The summed E-state index contributed by atoms with van der Waals surface area (Å²) in [7, 11) is -3.78. The second-order valence-electron chi connectivity index (χ2n) is 4.69. The monoisotopic (exact) mass is 299 g/mol. The SMILES string of the molecule is CC[C@H](C)[C@H](NS(=O)(=O)NCc1ccccc1)C(N)=O. The maximum Gasteiger partial charge on any atom is 0.277 e. The maximum atomic E-state index is 11.9. The molecule has 7 heteroatoms. The van der Waals surface area contributed by atoms with Gasteiger partial charge in [0.1, 0.15) is 6.04 Å². The van der Waals surface area contributed by atoms with E-state index >= 15 is 0 Å². The Morgan fingerprint density at radius 3 is 2.40 bits per heavy atom. The van der Waals surface area contributed by atoms with Crippen molar-refractivity contribution < 1.29 is 13.2 Å². The fourth-order valence-corrected chi connectivity index (χ4v) is 2.80. The molecule has 4 N–H and O–H groups in total. The molecule has 0 radical (unpaired) electrons. The number of carbonyl (C=O) groups excluding carboxylic acids is 1. The van der Waals surface area contributed by atoms with Crippen LogP contribution in [0.2, 0.25) is 0 Å². The number of hydrogen-bond acceptors (Lipinski definition) is 3. The molecule has 1 amide bonds. The summed E-state index contributed by atoms with van der Waals surface area (Å²) in [4.78, 5) is 11.3. The zero-order valence-corrected chi connectivity index (χ0v) is 12.5. The topological polar surface area (TPSA) is 101 Å². The van der Waals surface area contributed by atoms with Crippen molar-refractivity contribution in [1.29, 1.82) is 0 Å². The summed E-state index contributed by atoms with van der Waals surface area (Å²) in [6, 6.07) is 8.20. The van der Waals surface area contributed by atoms with E-state index in [4.69, 9.17) is 5.73 Å². The van der Waals surface area contributed by atoms with Gasteiger partial charge in [0, 0.05) is 6.54 Å². The van der Waals surface area contributed by atoms with Crippen LogP contribution in [0.1, 0.15) is 25.8 Å². The molecule has 0 saturated heterocycles. The fraction of sp³-hybridized carbons (Fsp3) is 0.462. The van der Waals surface area contributed by atoms with E-state index in [9.17, 15) is 13.2 Å². The lowest BCUT2D eigenvalue weighted by Crippen LogP contribution is -2.51. The molecule has 20 heavy (non-hydrogen) atoms. The Morgan fingerprint density at radius 1 is 1.30 bits per heavy atom. The molecular weight excluding hydrogens is 278 g/mol. The van der Waals surface area contributed by atoms with Crippen molar-refractivity contribution in [3.8, 4) is 0 Å². The second-order valence-corrected chi connectivity index (χ2v) is 6.22. The van der Waals surface area contributed by atoms with E-state index in [2.05, 4.69) is 9.44 Å². The van der Waals surface area contributed by atoms with E-state index in [1.54, 1.807) is 6.92 Å². The van der Waals surface area contributed by atoms with Crippen molar-refractivity contribution in [3.05, 3.63) is 35.9 Å². The molecule has 0 spiro atoms. The Kier molecular flexibility index (Phi) is 6.12. The number of nitrogens with one attached hydrogen (secondary N) is 2. The van der Waals surface area contributed by atoms with Crippen molar-refractivity contribution >= 4 is 16.1 Å². The van der Waals surface area contributed by atoms with Gasteiger partial charge in [0.2, 0.25) is 5.91 Å². The number of nitrogens with two attached hydrogens (primary N) is 1. The van der Waals surface area contributed by atoms with Crippen LogP contribution in [-0.2, 0) is 21.5 Å². The molecule has 0 bridgehead atoms. The third kappa shape index (κ3) is 5.28. The van der Waals surface area contributed by atoms with E-state index in [1.165, 1.54) is 0 Å². The maximum absolute atomic E-state index is 11.9. The van der Waals surface area contributed by atoms with Gasteiger partial charge in [-0.3, -0.25) is 4.79 Å². The van der Waals surface area contributed by atoms with Crippen molar-refractivity contribution in [3.63, 3.8) is 0 Å². The van der Waals surface area contributed by atoms with Gasteiger partial charge in [0.05, 0.1) is 0 Å². The summed E-state index contributed by atoms with van der Waals surface area (Å²) in [5, 5.41) is 0. The highest BCUT2D eigenvalue weighted by Crippen LogP contribution is 2.08. The van der Waals surface area contributed by atoms with Crippen LogP contribution in [0.5, 0.6) is 0 Å². The third-order valence-corrected chi connectivity index (χ3v) is 4.20. The molecule has 0 aliphatic carbocycles. The molecule has 0 fully saturated rings. The molecule has 2 atom stereocenters. The van der Waals surface area contributed by atoms with Crippen molar-refractivity contribution in [1.82, 2.24) is 9.44 Å². The summed E-state index contributed by atoms with van der Waals surface area (Å²) in [6.45, 7) is 3.80. The summed E-state index contributed by atoms with van der Waals surface area (Å²) < 4.78 is 28.5. The largest absolute Gasteiger partial charge is 0.368 e. The summed E-state index contributed by atoms with van der Waals surface area (Å²) in [6.07, 6.45) is 0.648. The number of amides is 1. The smallest absolute Gasteiger partial charge is 0.277 e. The molecule has 0 aliphatic heterocycles. The predicted octanol–water partition coefficient (Wildman–Crippen LogP) is 0.511. The van der Waals surface area contributed by atoms with E-state index in [0.29, 0.717) is 6.42 Å². The minimum absolute atomic E-state index is 0.155. The Balaban J connectivity index is 2.66. The Bertz CT molecular complexity index is 531. The van der Waals surface area contributed by atoms with Gasteiger partial charge >= 0.3 is 0 Å². The van der Waals surface area contributed by atoms with Crippen molar-refractivity contribution in [2.75, 3.05) is 0 Å². The van der Waals surface area contributed by atoms with Gasteiger partial charge in [-0.1, -0.05) is 50.6 Å². The van der Waals surface area contributed by atoms with Crippen molar-refractivity contribution in [2.24, 2.45) is 11.7 Å². The number of rotatable bonds is 8. The number of hydrogen-bond donors (Lipinski definition) is 3. The molecule has 1 aromatic rings. The Morgan fingerprint density at radius 2 is 1.90 bits per heavy atom. The van der Waals surface area contributed by atoms with Gasteiger partial charge in [0.15, 0.2) is 0 Å². The highest BCUT2D eigenvalue weighted by Gasteiger charge is 2.26. The summed E-state index contributed by atoms with van der Waals surface area (Å²) in [5.74, 6) is -0.842. The zero-order valence-electron chi connectivity index (χ0n) is 11.7. The third-order valence-electron chi connectivity index (χ3n) is 3.11. The van der Waals surface area contributed by atoms with Crippen LogP contribution in [0, 0.1) is 5.92 Å². The van der Waals surface area contributed by atoms with Gasteiger partial charge in [-0.05, 0) is 11.5 Å². The second kappa shape index (κ2) is 7.37. The molecule has 0 heterocycles. The van der Waals surface area contributed by atoms with Crippen LogP contribution >= 0.6 is 0 Å². The average molecular weight is 299 g/mol. The first-order chi connectivity index (χ1) is 9.35. The van der Waals surface area contributed by atoms with Crippen molar-refractivity contribution in [2.45, 2.75) is 32.9 Å². The van der Waals surface area contributed by atoms with E-state index in [0.717, 1.165) is 5.56 Å². The first-order valence-electron chi connectivity index (χ1n) is 6.46. The lowest BCUT2D eigenvalue weighted by molar-refractivity contribution is -0.120. The van der Waals surface area contributed by atoms with Crippen LogP contribution in [0.3, 0.4) is 0 Å². The van der Waals surface area contributed by atoms with E-state index < -0.39 is 22.2 Å². The van der Waals surface area contributed by atoms with E-state index in [-0.39, 0.29) is 12.5 Å². The van der Waals surface area contributed by atoms with Gasteiger partial charge < -0.3 is 5.73 Å². The molecule has 0 unspecified atom stereocenters. The van der Waals surface area contributed by atoms with Gasteiger partial charge in [-0.2, -0.15) is 17.9 Å². The van der Waals surface area contributed by atoms with E-state index in [1.807, 2.05) is 37.3 Å². The molecular formula is C13H21N3O3S. The molecule has 1 aromatic carbocycles. The molecule has 0 aliphatic rings. The van der Waals surface area contributed by atoms with Gasteiger partial charge in [-0.15, -0.1) is 0 Å². The van der Waals surface area contributed by atoms with Crippen LogP contribution in [0.15, 0.2) is 30.3 Å². The van der Waals surface area contributed by atoms with Gasteiger partial charge in [0.25, 0.3) is 10.2 Å².